The highest BCUT2D eigenvalue weighted by Gasteiger charge is 2.41. The Morgan fingerprint density at radius 3 is 2.28 bits per heavy atom. The molecule has 0 radical (unpaired) electrons. The summed E-state index contributed by atoms with van der Waals surface area (Å²) in [6, 6.07) is 12.6. The van der Waals surface area contributed by atoms with E-state index < -0.39 is 11.6 Å². The van der Waals surface area contributed by atoms with Gasteiger partial charge in [0.15, 0.2) is 11.4 Å². The number of aliphatic carboxylic acids is 1. The Hall–Kier alpha value is -2.35. The number of ketones is 1. The van der Waals surface area contributed by atoms with Crippen molar-refractivity contribution < 1.29 is 24.2 Å². The highest BCUT2D eigenvalue weighted by atomic mass is 32.2. The van der Waals surface area contributed by atoms with Crippen LogP contribution in [0.3, 0.4) is 0 Å². The van der Waals surface area contributed by atoms with Gasteiger partial charge in [-0.3, -0.25) is 9.69 Å². The van der Waals surface area contributed by atoms with Crippen LogP contribution in [0.4, 0.5) is 0 Å². The molecule has 0 aromatic heterocycles. The summed E-state index contributed by atoms with van der Waals surface area (Å²) in [7, 11) is 0. The molecule has 2 aliphatic rings. The van der Waals surface area contributed by atoms with Crippen molar-refractivity contribution in [3.8, 4) is 5.75 Å². The first-order valence-electron chi connectivity index (χ1n) is 12.6. The summed E-state index contributed by atoms with van der Waals surface area (Å²) in [5.74, 6) is 0.131. The highest BCUT2D eigenvalue weighted by molar-refractivity contribution is 7.98. The van der Waals surface area contributed by atoms with E-state index in [2.05, 4.69) is 17.0 Å². The van der Waals surface area contributed by atoms with Crippen molar-refractivity contribution in [2.75, 3.05) is 32.6 Å². The molecule has 2 fully saturated rings. The van der Waals surface area contributed by atoms with Crippen LogP contribution in [-0.4, -0.2) is 66.0 Å². The van der Waals surface area contributed by atoms with Gasteiger partial charge in [0.05, 0.1) is 19.3 Å². The summed E-state index contributed by atoms with van der Waals surface area (Å²) < 4.78 is 11.3. The molecule has 0 amide bonds. The van der Waals surface area contributed by atoms with E-state index in [9.17, 15) is 14.7 Å². The van der Waals surface area contributed by atoms with Crippen molar-refractivity contribution in [3.63, 3.8) is 0 Å². The lowest BCUT2D eigenvalue weighted by Gasteiger charge is -2.34. The number of carbonyl (C=O) groups is 2. The molecule has 1 N–H and O–H groups in total. The van der Waals surface area contributed by atoms with Crippen LogP contribution in [-0.2, 0) is 16.0 Å². The maximum absolute atomic E-state index is 13.6. The Balaban J connectivity index is 1.48. The number of likely N-dealkylation sites (tertiary alicyclic amines) is 1. The number of ether oxygens (including phenoxy) is 2. The largest absolute Gasteiger partial charge is 0.478 e. The first-order chi connectivity index (χ1) is 17.1. The average molecular weight is 512 g/mol. The Kier molecular flexibility index (Phi) is 8.12. The second-order valence-electron chi connectivity index (χ2n) is 10.6. The molecular weight excluding hydrogens is 474 g/mol. The second kappa shape index (κ2) is 11.0. The molecule has 194 valence electrons. The zero-order valence-electron chi connectivity index (χ0n) is 21.9. The van der Waals surface area contributed by atoms with Gasteiger partial charge in [-0.05, 0) is 81.5 Å². The molecule has 2 aromatic rings. The van der Waals surface area contributed by atoms with Crippen LogP contribution >= 0.6 is 11.8 Å². The van der Waals surface area contributed by atoms with Crippen molar-refractivity contribution in [1.29, 1.82) is 0 Å². The summed E-state index contributed by atoms with van der Waals surface area (Å²) in [6.07, 6.45) is 3.82. The number of carboxylic acids is 1. The van der Waals surface area contributed by atoms with E-state index in [1.807, 2.05) is 44.4 Å². The Bertz CT molecular complexity index is 1090. The van der Waals surface area contributed by atoms with Gasteiger partial charge in [0, 0.05) is 29.5 Å². The number of thioether (sulfide) groups is 1. The minimum absolute atomic E-state index is 0.0214. The Morgan fingerprint density at radius 2 is 1.75 bits per heavy atom. The zero-order chi connectivity index (χ0) is 26.0. The molecule has 2 saturated heterocycles. The Morgan fingerprint density at radius 1 is 1.11 bits per heavy atom. The van der Waals surface area contributed by atoms with Crippen molar-refractivity contribution in [2.45, 2.75) is 57.1 Å². The zero-order valence-corrected chi connectivity index (χ0v) is 22.7. The summed E-state index contributed by atoms with van der Waals surface area (Å²) in [4.78, 5) is 28.7. The van der Waals surface area contributed by atoms with Gasteiger partial charge in [0.1, 0.15) is 5.75 Å². The summed E-state index contributed by atoms with van der Waals surface area (Å²) in [6.45, 7) is 10.3. The van der Waals surface area contributed by atoms with Crippen LogP contribution < -0.4 is 4.74 Å². The predicted molar refractivity (Wildman–Crippen MR) is 142 cm³/mol. The number of carboxylic acid groups (broad SMARTS) is 1. The highest BCUT2D eigenvalue weighted by Crippen LogP contribution is 2.35. The van der Waals surface area contributed by atoms with E-state index in [1.54, 1.807) is 25.6 Å². The number of benzene rings is 2. The first kappa shape index (κ1) is 26.7. The fraction of sp³-hybridized carbons (Fsp3) is 0.517. The van der Waals surface area contributed by atoms with Gasteiger partial charge in [-0.15, -0.1) is 11.8 Å². The van der Waals surface area contributed by atoms with Gasteiger partial charge in [-0.1, -0.05) is 24.3 Å². The molecule has 0 saturated carbocycles. The van der Waals surface area contributed by atoms with E-state index >= 15 is 0 Å². The standard InChI is InChI=1S/C29H37NO5S/c1-18-12-20(13-19(2)27(18)35-29(3,4)28(32)33)6-7-22-14-30(23-16-34-17-23)15-25(22)26(31)21-8-10-24(36-5)11-9-21/h8-13,22-23,25H,6-7,14-17H2,1-5H3,(H,32,33). The molecule has 36 heavy (non-hydrogen) atoms. The maximum atomic E-state index is 13.6. The third kappa shape index (κ3) is 5.79. The minimum atomic E-state index is -1.29. The van der Waals surface area contributed by atoms with Crippen LogP contribution in [0.2, 0.25) is 0 Å². The number of aryl methyl sites for hydroxylation is 3. The SMILES string of the molecule is CSc1ccc(C(=O)C2CN(C3COC3)CC2CCc2cc(C)c(OC(C)(C)C(=O)O)c(C)c2)cc1. The van der Waals surface area contributed by atoms with Crippen molar-refractivity contribution in [2.24, 2.45) is 11.8 Å². The number of hydrogen-bond acceptors (Lipinski definition) is 6. The van der Waals surface area contributed by atoms with Gasteiger partial charge in [-0.25, -0.2) is 4.79 Å². The number of Topliss-reactive ketones (excluding diaryl/α,β-unsaturated/α-hetero) is 1. The van der Waals surface area contributed by atoms with Crippen molar-refractivity contribution in [3.05, 3.63) is 58.7 Å². The summed E-state index contributed by atoms with van der Waals surface area (Å²) >= 11 is 1.68. The third-order valence-electron chi connectivity index (χ3n) is 7.51. The predicted octanol–water partition coefficient (Wildman–Crippen LogP) is 5.03. The maximum Gasteiger partial charge on any atom is 0.347 e. The van der Waals surface area contributed by atoms with E-state index in [1.165, 1.54) is 5.56 Å². The van der Waals surface area contributed by atoms with Crippen LogP contribution in [0.15, 0.2) is 41.3 Å². The monoisotopic (exact) mass is 511 g/mol. The van der Waals surface area contributed by atoms with Gasteiger partial charge in [-0.2, -0.15) is 0 Å². The fourth-order valence-electron chi connectivity index (χ4n) is 5.19. The van der Waals surface area contributed by atoms with Gasteiger partial charge in [0.25, 0.3) is 0 Å². The lowest BCUT2D eigenvalue weighted by atomic mass is 9.84. The van der Waals surface area contributed by atoms with Gasteiger partial charge in [0.2, 0.25) is 0 Å². The molecule has 2 aliphatic heterocycles. The normalized spacial score (nSPS) is 20.8. The van der Waals surface area contributed by atoms with Gasteiger partial charge >= 0.3 is 5.97 Å². The van der Waals surface area contributed by atoms with Crippen LogP contribution in [0.1, 0.15) is 47.3 Å². The molecule has 0 bridgehead atoms. The van der Waals surface area contributed by atoms with Crippen LogP contribution in [0.25, 0.3) is 0 Å². The van der Waals surface area contributed by atoms with E-state index in [4.69, 9.17) is 9.47 Å². The average Bonchev–Trinajstić information content (AvgIpc) is 3.21. The quantitative estimate of drug-likeness (QED) is 0.354. The van der Waals surface area contributed by atoms with E-state index in [-0.39, 0.29) is 17.6 Å². The molecule has 4 rings (SSSR count). The number of nitrogens with zero attached hydrogens (tertiary/aromatic N) is 1. The van der Waals surface area contributed by atoms with Crippen molar-refractivity contribution >= 4 is 23.5 Å². The van der Waals surface area contributed by atoms with Crippen LogP contribution in [0.5, 0.6) is 5.75 Å². The van der Waals surface area contributed by atoms with Gasteiger partial charge < -0.3 is 14.6 Å². The minimum Gasteiger partial charge on any atom is -0.478 e. The summed E-state index contributed by atoms with van der Waals surface area (Å²) in [5, 5.41) is 9.44. The molecule has 2 unspecified atom stereocenters. The molecule has 0 spiro atoms. The third-order valence-corrected chi connectivity index (χ3v) is 8.26. The molecule has 7 heteroatoms. The van der Waals surface area contributed by atoms with E-state index in [0.29, 0.717) is 11.8 Å². The Labute approximate surface area is 218 Å². The van der Waals surface area contributed by atoms with E-state index in [0.717, 1.165) is 60.7 Å². The molecule has 0 aliphatic carbocycles. The number of rotatable bonds is 10. The van der Waals surface area contributed by atoms with Crippen LogP contribution in [0, 0.1) is 25.7 Å². The smallest absolute Gasteiger partial charge is 0.347 e. The fourth-order valence-corrected chi connectivity index (χ4v) is 5.60. The lowest BCUT2D eigenvalue weighted by molar-refractivity contribution is -0.152. The molecule has 2 atom stereocenters. The lowest BCUT2D eigenvalue weighted by Crippen LogP contribution is -2.48. The molecule has 6 nitrogen and oxygen atoms in total. The molecule has 2 heterocycles. The van der Waals surface area contributed by atoms with Crippen molar-refractivity contribution in [1.82, 2.24) is 4.90 Å². The number of hydrogen-bond donors (Lipinski definition) is 1. The molecular formula is C29H37NO5S. The molecule has 2 aromatic carbocycles. The first-order valence-corrected chi connectivity index (χ1v) is 13.8. The topological polar surface area (TPSA) is 76.1 Å². The second-order valence-corrected chi connectivity index (χ2v) is 11.5. The summed E-state index contributed by atoms with van der Waals surface area (Å²) in [5.41, 5.74) is 2.55. The number of carbonyl (C=O) groups excluding carboxylic acids is 1.